The van der Waals surface area contributed by atoms with Crippen LogP contribution in [-0.4, -0.2) is 12.1 Å². The highest BCUT2D eigenvalue weighted by atomic mass is 16.3. The number of fused-ring (bicyclic) bond motifs is 1. The van der Waals surface area contributed by atoms with E-state index in [4.69, 9.17) is 4.42 Å². The summed E-state index contributed by atoms with van der Waals surface area (Å²) in [5.41, 5.74) is 3.85. The number of hydrogen-bond acceptors (Lipinski definition) is 2. The molecule has 0 amide bonds. The maximum absolute atomic E-state index is 5.53. The van der Waals surface area contributed by atoms with Crippen molar-refractivity contribution in [2.75, 3.05) is 6.54 Å². The van der Waals surface area contributed by atoms with E-state index in [0.29, 0.717) is 0 Å². The molecule has 1 aromatic carbocycles. The summed E-state index contributed by atoms with van der Waals surface area (Å²) in [5.74, 6) is 0. The fourth-order valence-corrected chi connectivity index (χ4v) is 2.28. The molecule has 2 heteroatoms. The lowest BCUT2D eigenvalue weighted by molar-refractivity contribution is 0.422. The van der Waals surface area contributed by atoms with Gasteiger partial charge < -0.3 is 9.73 Å². The normalized spacial score (nSPS) is 12.2. The number of rotatable bonds is 4. The van der Waals surface area contributed by atoms with Crippen LogP contribution in [0, 0.1) is 6.92 Å². The molecule has 0 aliphatic rings. The van der Waals surface area contributed by atoms with Gasteiger partial charge in [-0.3, -0.25) is 0 Å². The highest BCUT2D eigenvalue weighted by Gasteiger charge is 2.09. The molecular formula is C16H23NO. The van der Waals surface area contributed by atoms with Crippen LogP contribution in [0.15, 0.2) is 28.9 Å². The van der Waals surface area contributed by atoms with Gasteiger partial charge in [0.1, 0.15) is 5.58 Å². The molecule has 2 nitrogen and oxygen atoms in total. The number of nitrogens with one attached hydrogen (secondary N) is 1. The van der Waals surface area contributed by atoms with E-state index in [1.807, 2.05) is 12.3 Å². The van der Waals surface area contributed by atoms with E-state index >= 15 is 0 Å². The summed E-state index contributed by atoms with van der Waals surface area (Å²) >= 11 is 0. The molecule has 0 aliphatic heterocycles. The molecular weight excluding hydrogens is 222 g/mol. The second-order valence-corrected chi connectivity index (χ2v) is 5.99. The van der Waals surface area contributed by atoms with Crippen LogP contribution in [0.1, 0.15) is 38.3 Å². The third kappa shape index (κ3) is 3.14. The lowest BCUT2D eigenvalue weighted by Gasteiger charge is -2.20. The summed E-state index contributed by atoms with van der Waals surface area (Å²) in [6, 6.07) is 6.33. The van der Waals surface area contributed by atoms with E-state index in [0.717, 1.165) is 25.0 Å². The zero-order chi connectivity index (χ0) is 13.2. The highest BCUT2D eigenvalue weighted by Crippen LogP contribution is 2.25. The highest BCUT2D eigenvalue weighted by molar-refractivity contribution is 5.84. The third-order valence-electron chi connectivity index (χ3n) is 3.15. The molecule has 0 aliphatic carbocycles. The Morgan fingerprint density at radius 3 is 2.72 bits per heavy atom. The van der Waals surface area contributed by atoms with Crippen LogP contribution in [0.5, 0.6) is 0 Å². The quantitative estimate of drug-likeness (QED) is 0.822. The van der Waals surface area contributed by atoms with E-state index in [2.05, 4.69) is 45.1 Å². The van der Waals surface area contributed by atoms with Gasteiger partial charge in [-0.15, -0.1) is 0 Å². The smallest absolute Gasteiger partial charge is 0.134 e. The maximum atomic E-state index is 5.53. The average Bonchev–Trinajstić information content (AvgIpc) is 2.66. The predicted molar refractivity (Wildman–Crippen MR) is 77.0 cm³/mol. The Kier molecular flexibility index (Phi) is 3.76. The molecule has 0 bridgehead atoms. The molecule has 0 saturated carbocycles. The zero-order valence-electron chi connectivity index (χ0n) is 11.8. The molecule has 1 heterocycles. The molecule has 0 spiro atoms. The van der Waals surface area contributed by atoms with Crippen molar-refractivity contribution in [3.05, 3.63) is 35.6 Å². The van der Waals surface area contributed by atoms with Crippen LogP contribution in [-0.2, 0) is 6.42 Å². The maximum Gasteiger partial charge on any atom is 0.134 e. The van der Waals surface area contributed by atoms with Gasteiger partial charge in [-0.25, -0.2) is 0 Å². The van der Waals surface area contributed by atoms with Gasteiger partial charge >= 0.3 is 0 Å². The molecule has 18 heavy (non-hydrogen) atoms. The van der Waals surface area contributed by atoms with Crippen molar-refractivity contribution in [2.45, 2.75) is 46.1 Å². The summed E-state index contributed by atoms with van der Waals surface area (Å²) in [4.78, 5) is 0. The first-order valence-corrected chi connectivity index (χ1v) is 6.68. The molecule has 0 fully saturated rings. The van der Waals surface area contributed by atoms with Gasteiger partial charge in [-0.05, 0) is 64.3 Å². The summed E-state index contributed by atoms with van der Waals surface area (Å²) in [6.45, 7) is 9.77. The van der Waals surface area contributed by atoms with Crippen molar-refractivity contribution in [1.29, 1.82) is 0 Å². The lowest BCUT2D eigenvalue weighted by Crippen LogP contribution is -2.36. The number of aryl methyl sites for hydroxylation is 2. The van der Waals surface area contributed by atoms with Gasteiger partial charge in [-0.1, -0.05) is 12.1 Å². The average molecular weight is 245 g/mol. The molecule has 0 radical (unpaired) electrons. The van der Waals surface area contributed by atoms with E-state index in [9.17, 15) is 0 Å². The predicted octanol–water partition coefficient (Wildman–Crippen LogP) is 4.06. The first kappa shape index (κ1) is 13.2. The Morgan fingerprint density at radius 2 is 2.00 bits per heavy atom. The summed E-state index contributed by atoms with van der Waals surface area (Å²) < 4.78 is 5.53. The van der Waals surface area contributed by atoms with E-state index in [-0.39, 0.29) is 5.54 Å². The first-order chi connectivity index (χ1) is 8.47. The van der Waals surface area contributed by atoms with Crippen LogP contribution in [0.3, 0.4) is 0 Å². The second kappa shape index (κ2) is 5.15. The van der Waals surface area contributed by atoms with E-state index < -0.39 is 0 Å². The molecule has 0 atom stereocenters. The van der Waals surface area contributed by atoms with Crippen molar-refractivity contribution in [1.82, 2.24) is 5.32 Å². The lowest BCUT2D eigenvalue weighted by atomic mass is 10.0. The van der Waals surface area contributed by atoms with Crippen molar-refractivity contribution in [3.8, 4) is 0 Å². The van der Waals surface area contributed by atoms with Crippen LogP contribution < -0.4 is 5.32 Å². The summed E-state index contributed by atoms with van der Waals surface area (Å²) in [5, 5.41) is 4.82. The molecule has 98 valence electrons. The minimum Gasteiger partial charge on any atom is -0.464 e. The SMILES string of the molecule is Cc1coc2cccc(CCCNC(C)(C)C)c12. The van der Waals surface area contributed by atoms with Gasteiger partial charge in [-0.2, -0.15) is 0 Å². The molecule has 1 aromatic heterocycles. The number of benzene rings is 1. The molecule has 1 N–H and O–H groups in total. The minimum absolute atomic E-state index is 0.206. The van der Waals surface area contributed by atoms with E-state index in [1.165, 1.54) is 16.5 Å². The molecule has 2 rings (SSSR count). The largest absolute Gasteiger partial charge is 0.464 e. The van der Waals surface area contributed by atoms with Crippen molar-refractivity contribution in [2.24, 2.45) is 0 Å². The Morgan fingerprint density at radius 1 is 1.22 bits per heavy atom. The van der Waals surface area contributed by atoms with Gasteiger partial charge in [0.25, 0.3) is 0 Å². The number of hydrogen-bond donors (Lipinski definition) is 1. The van der Waals surface area contributed by atoms with Crippen molar-refractivity contribution < 1.29 is 4.42 Å². The molecule has 2 aromatic rings. The zero-order valence-corrected chi connectivity index (χ0v) is 11.8. The van der Waals surface area contributed by atoms with Crippen molar-refractivity contribution in [3.63, 3.8) is 0 Å². The standard InChI is InChI=1S/C16H23NO/c1-12-11-18-14-9-5-7-13(15(12)14)8-6-10-17-16(2,3)4/h5,7,9,11,17H,6,8,10H2,1-4H3. The monoisotopic (exact) mass is 245 g/mol. The third-order valence-corrected chi connectivity index (χ3v) is 3.15. The minimum atomic E-state index is 0.206. The fraction of sp³-hybridized carbons (Fsp3) is 0.500. The van der Waals surface area contributed by atoms with Crippen LogP contribution >= 0.6 is 0 Å². The Hall–Kier alpha value is -1.28. The fourth-order valence-electron chi connectivity index (χ4n) is 2.28. The van der Waals surface area contributed by atoms with Gasteiger partial charge in [0.05, 0.1) is 6.26 Å². The summed E-state index contributed by atoms with van der Waals surface area (Å²) in [7, 11) is 0. The van der Waals surface area contributed by atoms with Crippen molar-refractivity contribution >= 4 is 11.0 Å². The second-order valence-electron chi connectivity index (χ2n) is 5.99. The topological polar surface area (TPSA) is 25.2 Å². The molecule has 0 unspecified atom stereocenters. The van der Waals surface area contributed by atoms with Crippen LogP contribution in [0.4, 0.5) is 0 Å². The van der Waals surface area contributed by atoms with Crippen LogP contribution in [0.2, 0.25) is 0 Å². The first-order valence-electron chi connectivity index (χ1n) is 6.68. The van der Waals surface area contributed by atoms with Gasteiger partial charge in [0.15, 0.2) is 0 Å². The van der Waals surface area contributed by atoms with Gasteiger partial charge in [0.2, 0.25) is 0 Å². The Bertz CT molecular complexity index is 519. The van der Waals surface area contributed by atoms with Gasteiger partial charge in [0, 0.05) is 10.9 Å². The van der Waals surface area contributed by atoms with Crippen LogP contribution in [0.25, 0.3) is 11.0 Å². The van der Waals surface area contributed by atoms with E-state index in [1.54, 1.807) is 0 Å². The number of furan rings is 1. The summed E-state index contributed by atoms with van der Waals surface area (Å²) in [6.07, 6.45) is 4.10. The Labute approximate surface area is 109 Å². The molecule has 0 saturated heterocycles. The Balaban J connectivity index is 2.02.